The molecular weight excluding hydrogens is 294 g/mol. The van der Waals surface area contributed by atoms with Crippen molar-refractivity contribution in [3.63, 3.8) is 0 Å². The van der Waals surface area contributed by atoms with Gasteiger partial charge in [0.25, 0.3) is 5.56 Å². The van der Waals surface area contributed by atoms with E-state index in [0.29, 0.717) is 0 Å². The van der Waals surface area contributed by atoms with E-state index in [2.05, 4.69) is 17.5 Å². The molecule has 0 aliphatic carbocycles. The summed E-state index contributed by atoms with van der Waals surface area (Å²) in [6.45, 7) is 0.776. The van der Waals surface area contributed by atoms with Gasteiger partial charge in [-0.15, -0.1) is 11.3 Å². The Hall–Kier alpha value is -2.17. The number of rotatable bonds is 1. The third kappa shape index (κ3) is 2.40. The second kappa shape index (κ2) is 6.30. The summed E-state index contributed by atoms with van der Waals surface area (Å²) in [6.07, 6.45) is 0.948. The van der Waals surface area contributed by atoms with Crippen LogP contribution in [-0.4, -0.2) is 16.8 Å². The van der Waals surface area contributed by atoms with Gasteiger partial charge >= 0.3 is 0 Å². The van der Waals surface area contributed by atoms with Crippen LogP contribution in [0.4, 0.5) is 0 Å². The van der Waals surface area contributed by atoms with Crippen molar-refractivity contribution in [3.8, 4) is 21.7 Å². The number of nitrogens with zero attached hydrogens (tertiary/aromatic N) is 1. The topological polar surface area (TPSA) is 42.2 Å². The van der Waals surface area contributed by atoms with Gasteiger partial charge < -0.3 is 9.67 Å². The Bertz CT molecular complexity index is 834. The molecule has 4 rings (SSSR count). The zero-order chi connectivity index (χ0) is 15.5. The van der Waals surface area contributed by atoms with Crippen molar-refractivity contribution in [3.05, 3.63) is 69.8 Å². The third-order valence-corrected chi connectivity index (χ3v) is 4.82. The first-order valence-electron chi connectivity index (χ1n) is 7.15. The van der Waals surface area contributed by atoms with Crippen molar-refractivity contribution in [1.29, 1.82) is 0 Å². The van der Waals surface area contributed by atoms with Crippen molar-refractivity contribution in [2.45, 2.75) is 13.0 Å². The van der Waals surface area contributed by atoms with Crippen molar-refractivity contribution in [1.82, 2.24) is 4.57 Å². The second-order valence-electron chi connectivity index (χ2n) is 4.98. The lowest BCUT2D eigenvalue weighted by molar-refractivity contribution is 0.399. The molecule has 0 bridgehead atoms. The van der Waals surface area contributed by atoms with E-state index in [1.807, 2.05) is 41.0 Å². The van der Waals surface area contributed by atoms with Crippen molar-refractivity contribution in [2.24, 2.45) is 0 Å². The lowest BCUT2D eigenvalue weighted by Crippen LogP contribution is -2.26. The fraction of sp³-hybridized carbons (Fsp3) is 0.167. The van der Waals surface area contributed by atoms with E-state index in [1.54, 1.807) is 11.3 Å². The number of aromatic nitrogens is 1. The number of fused-ring (bicyclic) bond motifs is 3. The van der Waals surface area contributed by atoms with E-state index in [4.69, 9.17) is 5.11 Å². The molecule has 3 nitrogen and oxygen atoms in total. The minimum absolute atomic E-state index is 0.118. The van der Waals surface area contributed by atoms with Crippen LogP contribution >= 0.6 is 11.3 Å². The molecular formula is C18H17NO2S. The van der Waals surface area contributed by atoms with Gasteiger partial charge in [0.15, 0.2) is 0 Å². The normalized spacial score (nSPS) is 11.9. The lowest BCUT2D eigenvalue weighted by atomic mass is 10.0. The van der Waals surface area contributed by atoms with Crippen LogP contribution in [0.3, 0.4) is 0 Å². The number of aryl methyl sites for hydroxylation is 1. The predicted molar refractivity (Wildman–Crippen MR) is 91.3 cm³/mol. The van der Waals surface area contributed by atoms with Gasteiger partial charge in [0, 0.05) is 19.2 Å². The molecule has 3 heterocycles. The van der Waals surface area contributed by atoms with Crippen LogP contribution < -0.4 is 5.56 Å². The summed E-state index contributed by atoms with van der Waals surface area (Å²) in [4.78, 5) is 14.0. The van der Waals surface area contributed by atoms with Gasteiger partial charge in [-0.25, -0.2) is 0 Å². The van der Waals surface area contributed by atoms with Gasteiger partial charge in [-0.1, -0.05) is 30.3 Å². The summed E-state index contributed by atoms with van der Waals surface area (Å²) < 4.78 is 1.92. The second-order valence-corrected chi connectivity index (χ2v) is 5.90. The SMILES string of the molecule is CO.O=c1c(-c2ccccc2)ccc2n1CCc1ccsc1-2. The Morgan fingerprint density at radius 1 is 1.05 bits per heavy atom. The van der Waals surface area contributed by atoms with Crippen molar-refractivity contribution in [2.75, 3.05) is 7.11 Å². The summed E-state index contributed by atoms with van der Waals surface area (Å²) in [5.41, 5.74) is 4.32. The van der Waals surface area contributed by atoms with E-state index in [-0.39, 0.29) is 5.56 Å². The number of hydrogen-bond donors (Lipinski definition) is 1. The fourth-order valence-electron chi connectivity index (χ4n) is 2.83. The largest absolute Gasteiger partial charge is 0.400 e. The average Bonchev–Trinajstić information content (AvgIpc) is 3.07. The molecule has 1 aliphatic heterocycles. The lowest BCUT2D eigenvalue weighted by Gasteiger charge is -2.19. The molecule has 2 aromatic heterocycles. The first kappa shape index (κ1) is 14.8. The molecule has 0 unspecified atom stereocenters. The van der Waals surface area contributed by atoms with E-state index < -0.39 is 0 Å². The first-order valence-corrected chi connectivity index (χ1v) is 8.03. The van der Waals surface area contributed by atoms with E-state index >= 15 is 0 Å². The number of thiophene rings is 1. The highest BCUT2D eigenvalue weighted by Gasteiger charge is 2.19. The smallest absolute Gasteiger partial charge is 0.258 e. The highest BCUT2D eigenvalue weighted by Crippen LogP contribution is 2.33. The number of benzene rings is 1. The molecule has 22 heavy (non-hydrogen) atoms. The summed E-state index contributed by atoms with van der Waals surface area (Å²) in [7, 11) is 1.00. The predicted octanol–water partition coefficient (Wildman–Crippen LogP) is 3.41. The highest BCUT2D eigenvalue weighted by molar-refractivity contribution is 7.13. The third-order valence-electron chi connectivity index (χ3n) is 3.84. The quantitative estimate of drug-likeness (QED) is 0.748. The molecule has 1 aliphatic rings. The van der Waals surface area contributed by atoms with Crippen LogP contribution in [-0.2, 0) is 13.0 Å². The Morgan fingerprint density at radius 2 is 1.82 bits per heavy atom. The zero-order valence-corrected chi connectivity index (χ0v) is 13.1. The Labute approximate surface area is 133 Å². The zero-order valence-electron chi connectivity index (χ0n) is 12.3. The maximum Gasteiger partial charge on any atom is 0.258 e. The molecule has 0 fully saturated rings. The number of aliphatic hydroxyl groups excluding tert-OH is 1. The molecule has 3 aromatic rings. The van der Waals surface area contributed by atoms with Gasteiger partial charge in [0.1, 0.15) is 0 Å². The molecule has 0 saturated heterocycles. The Balaban J connectivity index is 0.000000693. The number of aliphatic hydroxyl groups is 1. The van der Waals surface area contributed by atoms with Gasteiger partial charge in [-0.05, 0) is 41.1 Å². The summed E-state index contributed by atoms with van der Waals surface area (Å²) in [5.74, 6) is 0. The highest BCUT2D eigenvalue weighted by atomic mass is 32.1. The van der Waals surface area contributed by atoms with Crippen molar-refractivity contribution < 1.29 is 5.11 Å². The molecule has 0 spiro atoms. The molecule has 0 atom stereocenters. The van der Waals surface area contributed by atoms with Gasteiger partial charge in [-0.2, -0.15) is 0 Å². The average molecular weight is 311 g/mol. The molecule has 1 aromatic carbocycles. The molecule has 4 heteroatoms. The van der Waals surface area contributed by atoms with Crippen LogP contribution in [0, 0.1) is 0 Å². The van der Waals surface area contributed by atoms with Crippen LogP contribution in [0.1, 0.15) is 5.56 Å². The standard InChI is InChI=1S/C17H13NOS.CH4O/c19-17-14(12-4-2-1-3-5-12)6-7-15-16-13(9-11-20-16)8-10-18(15)17;1-2/h1-7,9,11H,8,10H2;2H,1H3. The van der Waals surface area contributed by atoms with Crippen LogP contribution in [0.15, 0.2) is 58.7 Å². The van der Waals surface area contributed by atoms with Crippen LogP contribution in [0.2, 0.25) is 0 Å². The molecule has 0 amide bonds. The van der Waals surface area contributed by atoms with Crippen LogP contribution in [0.25, 0.3) is 21.7 Å². The fourth-order valence-corrected chi connectivity index (χ4v) is 3.81. The Morgan fingerprint density at radius 3 is 2.59 bits per heavy atom. The maximum absolute atomic E-state index is 12.7. The molecule has 1 N–H and O–H groups in total. The van der Waals surface area contributed by atoms with Crippen molar-refractivity contribution >= 4 is 11.3 Å². The summed E-state index contributed by atoms with van der Waals surface area (Å²) in [6, 6.07) is 16.1. The monoisotopic (exact) mass is 311 g/mol. The minimum Gasteiger partial charge on any atom is -0.400 e. The summed E-state index contributed by atoms with van der Waals surface area (Å²) in [5, 5.41) is 9.11. The molecule has 112 valence electrons. The first-order chi connectivity index (χ1) is 10.8. The molecule has 0 saturated carbocycles. The van der Waals surface area contributed by atoms with E-state index in [9.17, 15) is 4.79 Å². The Kier molecular flexibility index (Phi) is 4.22. The van der Waals surface area contributed by atoms with E-state index in [0.717, 1.165) is 36.9 Å². The number of pyridine rings is 1. The maximum atomic E-state index is 12.7. The van der Waals surface area contributed by atoms with Gasteiger partial charge in [0.05, 0.1) is 10.6 Å². The summed E-state index contributed by atoms with van der Waals surface area (Å²) >= 11 is 1.72. The van der Waals surface area contributed by atoms with Gasteiger partial charge in [-0.3, -0.25) is 4.79 Å². The molecule has 0 radical (unpaired) electrons. The van der Waals surface area contributed by atoms with Crippen LogP contribution in [0.5, 0.6) is 0 Å². The van der Waals surface area contributed by atoms with E-state index in [1.165, 1.54) is 10.4 Å². The number of hydrogen-bond acceptors (Lipinski definition) is 3. The minimum atomic E-state index is 0.118. The van der Waals surface area contributed by atoms with Gasteiger partial charge in [0.2, 0.25) is 0 Å².